The number of hydrogen-bond donors (Lipinski definition) is 2. The molecule has 4 aromatic carbocycles. The third-order valence-electron chi connectivity index (χ3n) is 6.47. The average Bonchev–Trinajstić information content (AvgIpc) is 3.41. The predicted octanol–water partition coefficient (Wildman–Crippen LogP) is 6.40. The number of benzene rings is 4. The van der Waals surface area contributed by atoms with Crippen LogP contribution in [0.5, 0.6) is 17.2 Å². The van der Waals surface area contributed by atoms with Gasteiger partial charge in [-0.15, -0.1) is 0 Å². The number of fused-ring (bicyclic) bond motifs is 1. The molecule has 216 valence electrons. The fourth-order valence-corrected chi connectivity index (χ4v) is 4.65. The molecule has 0 saturated heterocycles. The number of aromatic amines is 1. The highest BCUT2D eigenvalue weighted by atomic mass is 35.5. The van der Waals surface area contributed by atoms with Gasteiger partial charge in [-0.25, -0.2) is 10.2 Å². The first-order chi connectivity index (χ1) is 20.8. The number of para-hydroxylation sites is 1. The lowest BCUT2D eigenvalue weighted by Gasteiger charge is -2.10. The van der Waals surface area contributed by atoms with Crippen molar-refractivity contribution in [3.05, 3.63) is 117 Å². The van der Waals surface area contributed by atoms with E-state index in [0.29, 0.717) is 33.0 Å². The lowest BCUT2D eigenvalue weighted by Crippen LogP contribution is -2.19. The second kappa shape index (κ2) is 12.5. The number of non-ortho nitro benzene ring substituents is 1. The van der Waals surface area contributed by atoms with E-state index in [1.54, 1.807) is 31.4 Å². The lowest BCUT2D eigenvalue weighted by molar-refractivity contribution is -0.384. The van der Waals surface area contributed by atoms with Gasteiger partial charge >= 0.3 is 5.97 Å². The van der Waals surface area contributed by atoms with Gasteiger partial charge in [-0.1, -0.05) is 41.9 Å². The largest absolute Gasteiger partial charge is 0.495 e. The second-order valence-corrected chi connectivity index (χ2v) is 9.45. The highest BCUT2D eigenvalue weighted by molar-refractivity contribution is 6.34. The molecule has 0 unspecified atom stereocenters. The SMILES string of the molecule is COc1cc(C=NNC(=O)c2[nH]c3c(OC)cccc3c2-c2ccccc2Cl)ccc1OC(=O)c1ccc([N+](=O)[O-])cc1. The van der Waals surface area contributed by atoms with Crippen molar-refractivity contribution in [1.29, 1.82) is 0 Å². The van der Waals surface area contributed by atoms with Crippen molar-refractivity contribution < 1.29 is 28.7 Å². The van der Waals surface area contributed by atoms with Crippen LogP contribution in [0.3, 0.4) is 0 Å². The number of nitro groups is 1. The number of aromatic nitrogens is 1. The molecule has 0 spiro atoms. The van der Waals surface area contributed by atoms with Gasteiger partial charge in [0.05, 0.1) is 36.4 Å². The van der Waals surface area contributed by atoms with E-state index < -0.39 is 16.8 Å². The summed E-state index contributed by atoms with van der Waals surface area (Å²) >= 11 is 6.50. The summed E-state index contributed by atoms with van der Waals surface area (Å²) in [7, 11) is 2.95. The van der Waals surface area contributed by atoms with Gasteiger partial charge in [-0.05, 0) is 48.0 Å². The minimum absolute atomic E-state index is 0.128. The Balaban J connectivity index is 1.36. The van der Waals surface area contributed by atoms with Crippen LogP contribution in [0.15, 0.2) is 90.0 Å². The maximum absolute atomic E-state index is 13.3. The number of nitrogens with zero attached hydrogens (tertiary/aromatic N) is 2. The average molecular weight is 599 g/mol. The number of rotatable bonds is 9. The third kappa shape index (κ3) is 6.02. The zero-order valence-electron chi connectivity index (χ0n) is 22.8. The normalized spacial score (nSPS) is 11.0. The van der Waals surface area contributed by atoms with Crippen LogP contribution in [0.1, 0.15) is 26.4 Å². The number of H-pyrrole nitrogens is 1. The van der Waals surface area contributed by atoms with Crippen LogP contribution in [0.25, 0.3) is 22.0 Å². The van der Waals surface area contributed by atoms with Crippen molar-refractivity contribution in [2.75, 3.05) is 14.2 Å². The Morgan fingerprint density at radius 1 is 0.930 bits per heavy atom. The van der Waals surface area contributed by atoms with Crippen LogP contribution < -0.4 is 19.6 Å². The van der Waals surface area contributed by atoms with Gasteiger partial charge in [-0.2, -0.15) is 5.10 Å². The maximum atomic E-state index is 13.3. The zero-order valence-corrected chi connectivity index (χ0v) is 23.5. The molecule has 2 N–H and O–H groups in total. The third-order valence-corrected chi connectivity index (χ3v) is 6.80. The van der Waals surface area contributed by atoms with Crippen molar-refractivity contribution in [2.45, 2.75) is 0 Å². The number of ether oxygens (including phenoxy) is 3. The van der Waals surface area contributed by atoms with E-state index in [0.717, 1.165) is 5.39 Å². The molecule has 0 bridgehead atoms. The summed E-state index contributed by atoms with van der Waals surface area (Å²) in [5, 5.41) is 16.2. The molecule has 0 saturated carbocycles. The number of nitrogens with one attached hydrogen (secondary N) is 2. The number of nitro benzene ring substituents is 1. The molecule has 1 aromatic heterocycles. The van der Waals surface area contributed by atoms with E-state index in [2.05, 4.69) is 15.5 Å². The Hall–Kier alpha value is -5.68. The summed E-state index contributed by atoms with van der Waals surface area (Å²) in [4.78, 5) is 39.3. The van der Waals surface area contributed by atoms with Crippen LogP contribution in [0.4, 0.5) is 5.69 Å². The van der Waals surface area contributed by atoms with E-state index in [9.17, 15) is 19.7 Å². The number of carbonyl (C=O) groups is 2. The van der Waals surface area contributed by atoms with Crippen molar-refractivity contribution in [3.8, 4) is 28.4 Å². The van der Waals surface area contributed by atoms with E-state index in [1.807, 2.05) is 30.3 Å². The molecule has 1 amide bonds. The summed E-state index contributed by atoms with van der Waals surface area (Å²) in [6.07, 6.45) is 1.40. The number of hydrazone groups is 1. The number of halogens is 1. The Labute approximate surface area is 249 Å². The van der Waals surface area contributed by atoms with E-state index in [4.69, 9.17) is 25.8 Å². The molecule has 0 atom stereocenters. The molecular weight excluding hydrogens is 576 g/mol. The van der Waals surface area contributed by atoms with Crippen LogP contribution in [0.2, 0.25) is 5.02 Å². The highest BCUT2D eigenvalue weighted by Gasteiger charge is 2.22. The van der Waals surface area contributed by atoms with Gasteiger partial charge in [0.1, 0.15) is 11.4 Å². The fourth-order valence-electron chi connectivity index (χ4n) is 4.42. The molecule has 0 radical (unpaired) electrons. The summed E-state index contributed by atoms with van der Waals surface area (Å²) < 4.78 is 16.3. The highest BCUT2D eigenvalue weighted by Crippen LogP contribution is 2.39. The first kappa shape index (κ1) is 28.8. The lowest BCUT2D eigenvalue weighted by atomic mass is 10.0. The van der Waals surface area contributed by atoms with Crippen LogP contribution in [-0.4, -0.2) is 42.2 Å². The van der Waals surface area contributed by atoms with Crippen LogP contribution in [-0.2, 0) is 0 Å². The zero-order chi connectivity index (χ0) is 30.5. The van der Waals surface area contributed by atoms with Gasteiger partial charge in [0.25, 0.3) is 11.6 Å². The molecular formula is C31H23ClN4O7. The molecule has 43 heavy (non-hydrogen) atoms. The van der Waals surface area contributed by atoms with Crippen molar-refractivity contribution in [3.63, 3.8) is 0 Å². The van der Waals surface area contributed by atoms with Crippen LogP contribution >= 0.6 is 11.6 Å². The Morgan fingerprint density at radius 3 is 2.37 bits per heavy atom. The van der Waals surface area contributed by atoms with Crippen molar-refractivity contribution in [1.82, 2.24) is 10.4 Å². The molecule has 0 fully saturated rings. The maximum Gasteiger partial charge on any atom is 0.343 e. The van der Waals surface area contributed by atoms with E-state index in [1.165, 1.54) is 43.7 Å². The predicted molar refractivity (Wildman–Crippen MR) is 161 cm³/mol. The number of hydrogen-bond acceptors (Lipinski definition) is 8. The van der Waals surface area contributed by atoms with Gasteiger partial charge in [0, 0.05) is 33.7 Å². The number of carbonyl (C=O) groups excluding carboxylic acids is 2. The summed E-state index contributed by atoms with van der Waals surface area (Å²) in [5.74, 6) is -0.302. The number of amides is 1. The smallest absolute Gasteiger partial charge is 0.343 e. The Kier molecular flexibility index (Phi) is 8.35. The number of methoxy groups -OCH3 is 2. The van der Waals surface area contributed by atoms with Crippen molar-refractivity contribution >= 4 is 46.3 Å². The first-order valence-corrected chi connectivity index (χ1v) is 13.1. The van der Waals surface area contributed by atoms with Gasteiger partial charge in [0.2, 0.25) is 0 Å². The topological polar surface area (TPSA) is 145 Å². The molecule has 5 rings (SSSR count). The van der Waals surface area contributed by atoms with Gasteiger partial charge in [-0.3, -0.25) is 14.9 Å². The molecule has 1 heterocycles. The fraction of sp³-hybridized carbons (Fsp3) is 0.0645. The Morgan fingerprint density at radius 2 is 1.67 bits per heavy atom. The minimum Gasteiger partial charge on any atom is -0.495 e. The van der Waals surface area contributed by atoms with Crippen LogP contribution in [0, 0.1) is 10.1 Å². The number of esters is 1. The summed E-state index contributed by atoms with van der Waals surface area (Å²) in [5.41, 5.74) is 5.22. The molecule has 0 aliphatic carbocycles. The van der Waals surface area contributed by atoms with Crippen molar-refractivity contribution in [2.24, 2.45) is 5.10 Å². The standard InChI is InChI=1S/C31H23ClN4O7/c1-41-25-9-5-7-22-27(21-6-3-4-8-23(21)32)29(34-28(22)25)30(37)35-33-17-18-10-15-24(26(16-18)42-2)43-31(38)19-11-13-20(14-12-19)36(39)40/h3-17,34H,1-2H3,(H,35,37). The molecule has 12 heteroatoms. The van der Waals surface area contributed by atoms with Gasteiger partial charge < -0.3 is 19.2 Å². The van der Waals surface area contributed by atoms with E-state index >= 15 is 0 Å². The monoisotopic (exact) mass is 598 g/mol. The molecule has 11 nitrogen and oxygen atoms in total. The molecule has 0 aliphatic rings. The van der Waals surface area contributed by atoms with Gasteiger partial charge in [0.15, 0.2) is 11.5 Å². The second-order valence-electron chi connectivity index (χ2n) is 9.04. The Bertz CT molecular complexity index is 1880. The molecule has 5 aromatic rings. The quantitative estimate of drug-likeness (QED) is 0.0656. The first-order valence-electron chi connectivity index (χ1n) is 12.7. The summed E-state index contributed by atoms with van der Waals surface area (Å²) in [6.45, 7) is 0. The summed E-state index contributed by atoms with van der Waals surface area (Å²) in [6, 6.07) is 22.4. The minimum atomic E-state index is -0.717. The van der Waals surface area contributed by atoms with E-state index in [-0.39, 0.29) is 28.4 Å². The molecule has 0 aliphatic heterocycles.